The highest BCUT2D eigenvalue weighted by Gasteiger charge is 2.51. The lowest BCUT2D eigenvalue weighted by atomic mass is 9.82. The molecular weight excluding hydrogens is 334 g/mol. The van der Waals surface area contributed by atoms with Crippen LogP contribution >= 0.6 is 15.9 Å². The Morgan fingerprint density at radius 1 is 1.14 bits per heavy atom. The Morgan fingerprint density at radius 2 is 1.81 bits per heavy atom. The number of benzene rings is 1. The van der Waals surface area contributed by atoms with Crippen molar-refractivity contribution in [1.82, 2.24) is 10.3 Å². The number of rotatable bonds is 2. The van der Waals surface area contributed by atoms with E-state index in [1.807, 2.05) is 24.3 Å². The molecule has 5 nitrogen and oxygen atoms in total. The highest BCUT2D eigenvalue weighted by molar-refractivity contribution is 9.10. The Labute approximate surface area is 131 Å². The molecule has 1 N–H and O–H groups in total. The number of halogens is 1. The molecule has 1 saturated heterocycles. The van der Waals surface area contributed by atoms with Gasteiger partial charge in [-0.3, -0.25) is 4.79 Å². The number of nitrogens with one attached hydrogen (secondary N) is 1. The van der Waals surface area contributed by atoms with Crippen molar-refractivity contribution >= 4 is 34.1 Å². The third kappa shape index (κ3) is 2.72. The van der Waals surface area contributed by atoms with Crippen LogP contribution in [0.1, 0.15) is 37.7 Å². The molecule has 2 aliphatic rings. The van der Waals surface area contributed by atoms with Crippen LogP contribution in [0.5, 0.6) is 0 Å². The topological polar surface area (TPSA) is 61.8 Å². The molecule has 0 unspecified atom stereocenters. The molecule has 1 aromatic carbocycles. The maximum atomic E-state index is 12.5. The summed E-state index contributed by atoms with van der Waals surface area (Å²) in [6, 6.07) is 7.08. The van der Waals surface area contributed by atoms with Crippen molar-refractivity contribution < 1.29 is 9.59 Å². The van der Waals surface area contributed by atoms with Crippen molar-refractivity contribution in [2.45, 2.75) is 37.6 Å². The van der Waals surface area contributed by atoms with Crippen molar-refractivity contribution in [2.75, 3.05) is 0 Å². The summed E-state index contributed by atoms with van der Waals surface area (Å²) in [5, 5.41) is 7.86. The van der Waals surface area contributed by atoms with Crippen molar-refractivity contribution in [3.63, 3.8) is 0 Å². The maximum Gasteiger partial charge on any atom is 0.346 e. The molecule has 3 amide bonds. The van der Waals surface area contributed by atoms with Gasteiger partial charge in [0.05, 0.1) is 6.21 Å². The minimum atomic E-state index is -0.716. The smallest absolute Gasteiger partial charge is 0.321 e. The maximum absolute atomic E-state index is 12.5. The lowest BCUT2D eigenvalue weighted by Gasteiger charge is -2.29. The first-order chi connectivity index (χ1) is 10.1. The van der Waals surface area contributed by atoms with Gasteiger partial charge in [-0.1, -0.05) is 47.3 Å². The fourth-order valence-electron chi connectivity index (χ4n) is 2.88. The summed E-state index contributed by atoms with van der Waals surface area (Å²) in [6.45, 7) is 0. The number of hydrogen-bond donors (Lipinski definition) is 1. The van der Waals surface area contributed by atoms with Crippen LogP contribution in [-0.4, -0.2) is 28.7 Å². The molecule has 1 aliphatic carbocycles. The molecule has 1 heterocycles. The van der Waals surface area contributed by atoms with Crippen LogP contribution in [0.15, 0.2) is 33.8 Å². The normalized spacial score (nSPS) is 21.3. The predicted octanol–water partition coefficient (Wildman–Crippen LogP) is 3.04. The quantitative estimate of drug-likeness (QED) is 0.658. The van der Waals surface area contributed by atoms with Crippen molar-refractivity contribution in [2.24, 2.45) is 5.10 Å². The van der Waals surface area contributed by atoms with Gasteiger partial charge in [0, 0.05) is 4.47 Å². The standard InChI is InChI=1S/C15H16BrN3O2/c16-12-6-4-11(5-7-12)10-17-19-13(20)15(18-14(19)21)8-2-1-3-9-15/h4-7,10H,1-3,8-9H2,(H,18,21). The van der Waals surface area contributed by atoms with Gasteiger partial charge in [-0.2, -0.15) is 5.10 Å². The van der Waals surface area contributed by atoms with Gasteiger partial charge < -0.3 is 5.32 Å². The molecule has 1 aromatic rings. The Morgan fingerprint density at radius 3 is 2.48 bits per heavy atom. The number of hydrogen-bond acceptors (Lipinski definition) is 3. The van der Waals surface area contributed by atoms with Gasteiger partial charge in [0.1, 0.15) is 5.54 Å². The number of amides is 3. The number of urea groups is 1. The van der Waals surface area contributed by atoms with Gasteiger partial charge in [-0.15, -0.1) is 5.01 Å². The van der Waals surface area contributed by atoms with E-state index in [0.717, 1.165) is 34.3 Å². The van der Waals surface area contributed by atoms with E-state index < -0.39 is 11.6 Å². The number of nitrogens with zero attached hydrogens (tertiary/aromatic N) is 2. The zero-order valence-electron chi connectivity index (χ0n) is 11.5. The largest absolute Gasteiger partial charge is 0.346 e. The lowest BCUT2D eigenvalue weighted by molar-refractivity contribution is -0.132. The monoisotopic (exact) mass is 349 g/mol. The third-order valence-electron chi connectivity index (χ3n) is 4.04. The highest BCUT2D eigenvalue weighted by Crippen LogP contribution is 2.33. The van der Waals surface area contributed by atoms with E-state index in [0.29, 0.717) is 12.8 Å². The third-order valence-corrected chi connectivity index (χ3v) is 4.57. The summed E-state index contributed by atoms with van der Waals surface area (Å²) >= 11 is 3.36. The molecule has 0 atom stereocenters. The number of carbonyl (C=O) groups is 2. The van der Waals surface area contributed by atoms with Crippen LogP contribution in [0, 0.1) is 0 Å². The SMILES string of the molecule is O=C1NC2(CCCCC2)C(=O)N1N=Cc1ccc(Br)cc1. The van der Waals surface area contributed by atoms with Crippen molar-refractivity contribution in [3.05, 3.63) is 34.3 Å². The second-order valence-electron chi connectivity index (χ2n) is 5.49. The van der Waals surface area contributed by atoms with Crippen molar-refractivity contribution in [3.8, 4) is 0 Å². The lowest BCUT2D eigenvalue weighted by Crippen LogP contribution is -2.48. The summed E-state index contributed by atoms with van der Waals surface area (Å²) < 4.78 is 0.968. The average Bonchev–Trinajstić information content (AvgIpc) is 2.71. The Balaban J connectivity index is 1.77. The van der Waals surface area contributed by atoms with Gasteiger partial charge in [0.25, 0.3) is 5.91 Å². The van der Waals surface area contributed by atoms with Gasteiger partial charge in [0.15, 0.2) is 0 Å². The van der Waals surface area contributed by atoms with E-state index in [2.05, 4.69) is 26.3 Å². The Bertz CT molecular complexity index is 591. The van der Waals surface area contributed by atoms with Crippen LogP contribution in [0.3, 0.4) is 0 Å². The Kier molecular flexibility index (Phi) is 3.80. The molecule has 3 rings (SSSR count). The van der Waals surface area contributed by atoms with E-state index in [1.54, 1.807) is 0 Å². The highest BCUT2D eigenvalue weighted by atomic mass is 79.9. The van der Waals surface area contributed by atoms with Crippen LogP contribution in [0.2, 0.25) is 0 Å². The fraction of sp³-hybridized carbons (Fsp3) is 0.400. The number of imide groups is 1. The summed E-state index contributed by atoms with van der Waals surface area (Å²) in [7, 11) is 0. The van der Waals surface area contributed by atoms with E-state index in [1.165, 1.54) is 6.21 Å². The molecule has 0 bridgehead atoms. The second-order valence-corrected chi connectivity index (χ2v) is 6.40. The van der Waals surface area contributed by atoms with Gasteiger partial charge in [-0.25, -0.2) is 4.79 Å². The van der Waals surface area contributed by atoms with E-state index >= 15 is 0 Å². The minimum Gasteiger partial charge on any atom is -0.321 e. The van der Waals surface area contributed by atoms with Crippen LogP contribution in [0.25, 0.3) is 0 Å². The molecule has 0 aromatic heterocycles. The second kappa shape index (κ2) is 5.60. The van der Waals surface area contributed by atoms with E-state index in [4.69, 9.17) is 0 Å². The molecule has 1 spiro atoms. The zero-order chi connectivity index (χ0) is 14.9. The fourth-order valence-corrected chi connectivity index (χ4v) is 3.14. The van der Waals surface area contributed by atoms with E-state index in [-0.39, 0.29) is 5.91 Å². The molecular formula is C15H16BrN3O2. The van der Waals surface area contributed by atoms with Crippen LogP contribution in [0.4, 0.5) is 4.79 Å². The molecule has 2 fully saturated rings. The Hall–Kier alpha value is -1.69. The first-order valence-corrected chi connectivity index (χ1v) is 7.86. The first-order valence-electron chi connectivity index (χ1n) is 7.07. The molecule has 1 saturated carbocycles. The van der Waals surface area contributed by atoms with Crippen molar-refractivity contribution in [1.29, 1.82) is 0 Å². The summed E-state index contributed by atoms with van der Waals surface area (Å²) in [4.78, 5) is 24.5. The predicted molar refractivity (Wildman–Crippen MR) is 82.9 cm³/mol. The first kappa shape index (κ1) is 14.3. The number of hydrazone groups is 1. The zero-order valence-corrected chi connectivity index (χ0v) is 13.1. The van der Waals surface area contributed by atoms with E-state index in [9.17, 15) is 9.59 Å². The molecule has 0 radical (unpaired) electrons. The summed E-state index contributed by atoms with van der Waals surface area (Å²) in [6.07, 6.45) is 6.01. The van der Waals surface area contributed by atoms with Crippen LogP contribution < -0.4 is 5.32 Å². The molecule has 6 heteroatoms. The number of carbonyl (C=O) groups excluding carboxylic acids is 2. The van der Waals surface area contributed by atoms with Crippen LogP contribution in [-0.2, 0) is 4.79 Å². The summed E-state index contributed by atoms with van der Waals surface area (Å²) in [5.74, 6) is -0.222. The minimum absolute atomic E-state index is 0.222. The van der Waals surface area contributed by atoms with Gasteiger partial charge in [-0.05, 0) is 30.5 Å². The molecule has 21 heavy (non-hydrogen) atoms. The molecule has 1 aliphatic heterocycles. The summed E-state index contributed by atoms with van der Waals surface area (Å²) in [5.41, 5.74) is 0.121. The average molecular weight is 350 g/mol. The molecule has 110 valence electrons. The van der Waals surface area contributed by atoms with Gasteiger partial charge in [0.2, 0.25) is 0 Å². The van der Waals surface area contributed by atoms with Gasteiger partial charge >= 0.3 is 6.03 Å².